The quantitative estimate of drug-likeness (QED) is 0.760. The first-order chi connectivity index (χ1) is 14.2. The third kappa shape index (κ3) is 5.38. The highest BCUT2D eigenvalue weighted by Crippen LogP contribution is 2.21. The summed E-state index contributed by atoms with van der Waals surface area (Å²) < 4.78 is 1.67. The van der Waals surface area contributed by atoms with Crippen molar-refractivity contribution in [3.63, 3.8) is 0 Å². The van der Waals surface area contributed by atoms with E-state index in [4.69, 9.17) is 0 Å². The van der Waals surface area contributed by atoms with Crippen molar-refractivity contribution < 1.29 is 14.4 Å². The molecule has 0 saturated carbocycles. The van der Waals surface area contributed by atoms with Gasteiger partial charge in [-0.2, -0.15) is 5.10 Å². The van der Waals surface area contributed by atoms with Gasteiger partial charge < -0.3 is 20.0 Å². The molecule has 0 radical (unpaired) electrons. The van der Waals surface area contributed by atoms with Gasteiger partial charge >= 0.3 is 0 Å². The van der Waals surface area contributed by atoms with Gasteiger partial charge in [-0.05, 0) is 32.9 Å². The molecule has 1 aromatic rings. The summed E-state index contributed by atoms with van der Waals surface area (Å²) in [5.74, 6) is -0.460. The molecule has 3 amide bonds. The first-order valence-corrected chi connectivity index (χ1v) is 10.8. The minimum Gasteiger partial charge on any atom is -0.346 e. The van der Waals surface area contributed by atoms with E-state index in [0.717, 1.165) is 44.7 Å². The molecular weight excluding hydrogens is 384 g/mol. The van der Waals surface area contributed by atoms with Crippen LogP contribution in [0.15, 0.2) is 6.07 Å². The Morgan fingerprint density at radius 1 is 1.10 bits per heavy atom. The number of nitrogens with zero attached hydrogens (tertiary/aromatic N) is 5. The molecule has 9 heteroatoms. The highest BCUT2D eigenvalue weighted by molar-refractivity contribution is 5.92. The second kappa shape index (κ2) is 9.59. The van der Waals surface area contributed by atoms with Crippen LogP contribution < -0.4 is 5.32 Å². The van der Waals surface area contributed by atoms with E-state index in [2.05, 4.69) is 22.4 Å². The van der Waals surface area contributed by atoms with Crippen molar-refractivity contribution in [1.82, 2.24) is 29.8 Å². The molecule has 2 atom stereocenters. The smallest absolute Gasteiger partial charge is 0.272 e. The number of aromatic nitrogens is 2. The van der Waals surface area contributed by atoms with Crippen LogP contribution in [0, 0.1) is 12.8 Å². The maximum Gasteiger partial charge on any atom is 0.272 e. The number of carbonyl (C=O) groups excluding carboxylic acids is 3. The molecule has 2 saturated heterocycles. The standard InChI is InChI=1S/C21H34N6O3/c1-15-12-18(23-26(15)4)20(29)22-17-7-5-6-16(13-19(28)25(3)14-17)21(30)27-10-8-24(2)9-11-27/h12,16-17H,5-11,13-14H2,1-4H3,(H,22,29)/t16-,17-/m1/s1. The van der Waals surface area contributed by atoms with Crippen LogP contribution in [-0.4, -0.2) is 95.1 Å². The van der Waals surface area contributed by atoms with E-state index >= 15 is 0 Å². The molecule has 0 aliphatic carbocycles. The Hall–Kier alpha value is -2.42. The molecule has 0 spiro atoms. The van der Waals surface area contributed by atoms with Crippen molar-refractivity contribution in [3.05, 3.63) is 17.5 Å². The number of carbonyl (C=O) groups is 3. The first kappa shape index (κ1) is 22.3. The van der Waals surface area contributed by atoms with Gasteiger partial charge in [-0.1, -0.05) is 6.42 Å². The third-order valence-electron chi connectivity index (χ3n) is 6.29. The van der Waals surface area contributed by atoms with E-state index in [9.17, 15) is 14.4 Å². The van der Waals surface area contributed by atoms with Gasteiger partial charge in [0, 0.05) is 70.9 Å². The van der Waals surface area contributed by atoms with Gasteiger partial charge in [0.1, 0.15) is 5.69 Å². The Morgan fingerprint density at radius 3 is 2.43 bits per heavy atom. The second-order valence-electron chi connectivity index (χ2n) is 8.70. The van der Waals surface area contributed by atoms with Crippen molar-refractivity contribution in [2.45, 2.75) is 38.6 Å². The SMILES string of the molecule is Cc1cc(C(=O)N[C@@H]2CCC[C@@H](C(=O)N3CCN(C)CC3)CC(=O)N(C)C2)nn1C. The summed E-state index contributed by atoms with van der Waals surface area (Å²) in [6, 6.07) is 1.59. The Balaban J connectivity index is 1.62. The van der Waals surface area contributed by atoms with E-state index in [0.29, 0.717) is 18.7 Å². The molecule has 166 valence electrons. The zero-order valence-electron chi connectivity index (χ0n) is 18.6. The van der Waals surface area contributed by atoms with Gasteiger partial charge in [-0.25, -0.2) is 0 Å². The summed E-state index contributed by atoms with van der Waals surface area (Å²) in [5, 5.41) is 7.26. The number of likely N-dealkylation sites (N-methyl/N-ethyl adjacent to an activating group) is 2. The number of piperazine rings is 1. The summed E-state index contributed by atoms with van der Waals surface area (Å²) in [6.07, 6.45) is 2.42. The fourth-order valence-electron chi connectivity index (χ4n) is 4.15. The van der Waals surface area contributed by atoms with E-state index in [1.54, 1.807) is 29.7 Å². The van der Waals surface area contributed by atoms with Crippen molar-refractivity contribution >= 4 is 17.7 Å². The fourth-order valence-corrected chi connectivity index (χ4v) is 4.15. The topological polar surface area (TPSA) is 90.8 Å². The predicted octanol–water partition coefficient (Wildman–Crippen LogP) is 0.250. The van der Waals surface area contributed by atoms with Crippen molar-refractivity contribution in [2.75, 3.05) is 46.8 Å². The lowest BCUT2D eigenvalue weighted by Crippen LogP contribution is -2.49. The fraction of sp³-hybridized carbons (Fsp3) is 0.714. The van der Waals surface area contributed by atoms with Gasteiger partial charge in [0.25, 0.3) is 5.91 Å². The highest BCUT2D eigenvalue weighted by atomic mass is 16.2. The molecule has 3 rings (SSSR count). The minimum absolute atomic E-state index is 0.0442. The molecule has 30 heavy (non-hydrogen) atoms. The molecule has 9 nitrogen and oxygen atoms in total. The zero-order chi connectivity index (χ0) is 21.8. The van der Waals surface area contributed by atoms with Crippen LogP contribution in [0.3, 0.4) is 0 Å². The summed E-state index contributed by atoms with van der Waals surface area (Å²) in [5.41, 5.74) is 1.29. The number of hydrogen-bond acceptors (Lipinski definition) is 5. The molecule has 0 aromatic carbocycles. The number of hydrogen-bond donors (Lipinski definition) is 1. The minimum atomic E-state index is -0.281. The number of nitrogens with one attached hydrogen (secondary N) is 1. The second-order valence-corrected chi connectivity index (χ2v) is 8.70. The average molecular weight is 419 g/mol. The zero-order valence-corrected chi connectivity index (χ0v) is 18.6. The van der Waals surface area contributed by atoms with Crippen LogP contribution in [0.1, 0.15) is 41.9 Å². The lowest BCUT2D eigenvalue weighted by molar-refractivity contribution is -0.142. The Labute approximate surface area is 178 Å². The van der Waals surface area contributed by atoms with Crippen LogP contribution >= 0.6 is 0 Å². The maximum atomic E-state index is 13.0. The molecular formula is C21H34N6O3. The van der Waals surface area contributed by atoms with Gasteiger partial charge in [0.15, 0.2) is 0 Å². The number of aryl methyl sites for hydroxylation is 2. The van der Waals surface area contributed by atoms with E-state index in [1.165, 1.54) is 0 Å². The molecule has 2 fully saturated rings. The van der Waals surface area contributed by atoms with Crippen LogP contribution in [0.4, 0.5) is 0 Å². The lowest BCUT2D eigenvalue weighted by atomic mass is 9.95. The van der Waals surface area contributed by atoms with Gasteiger partial charge in [-0.15, -0.1) is 0 Å². The number of rotatable bonds is 3. The van der Waals surface area contributed by atoms with Gasteiger partial charge in [-0.3, -0.25) is 19.1 Å². The van der Waals surface area contributed by atoms with Crippen LogP contribution in [-0.2, 0) is 16.6 Å². The molecule has 1 N–H and O–H groups in total. The van der Waals surface area contributed by atoms with Crippen LogP contribution in [0.2, 0.25) is 0 Å². The molecule has 0 unspecified atom stereocenters. The Morgan fingerprint density at radius 2 is 1.80 bits per heavy atom. The summed E-state index contributed by atoms with van der Waals surface area (Å²) in [6.45, 7) is 5.51. The molecule has 2 aliphatic heterocycles. The van der Waals surface area contributed by atoms with Crippen molar-refractivity contribution in [1.29, 1.82) is 0 Å². The summed E-state index contributed by atoms with van der Waals surface area (Å²) in [4.78, 5) is 44.1. The van der Waals surface area contributed by atoms with E-state index in [1.807, 2.05) is 11.8 Å². The monoisotopic (exact) mass is 418 g/mol. The molecule has 3 heterocycles. The summed E-state index contributed by atoms with van der Waals surface area (Å²) in [7, 11) is 5.60. The maximum absolute atomic E-state index is 13.0. The third-order valence-corrected chi connectivity index (χ3v) is 6.29. The normalized spacial score (nSPS) is 24.2. The van der Waals surface area contributed by atoms with E-state index < -0.39 is 0 Å². The lowest BCUT2D eigenvalue weighted by Gasteiger charge is -2.34. The van der Waals surface area contributed by atoms with E-state index in [-0.39, 0.29) is 36.1 Å². The Bertz CT molecular complexity index is 764. The number of amides is 3. The first-order valence-electron chi connectivity index (χ1n) is 10.8. The average Bonchev–Trinajstić information content (AvgIpc) is 3.07. The van der Waals surface area contributed by atoms with Gasteiger partial charge in [0.05, 0.1) is 0 Å². The Kier molecular flexibility index (Phi) is 7.12. The van der Waals surface area contributed by atoms with Crippen molar-refractivity contribution in [3.8, 4) is 0 Å². The molecule has 0 bridgehead atoms. The highest BCUT2D eigenvalue weighted by Gasteiger charge is 2.31. The largest absolute Gasteiger partial charge is 0.346 e. The molecule has 2 aliphatic rings. The van der Waals surface area contributed by atoms with Crippen LogP contribution in [0.25, 0.3) is 0 Å². The molecule has 1 aromatic heterocycles. The van der Waals surface area contributed by atoms with Crippen molar-refractivity contribution in [2.24, 2.45) is 13.0 Å². The summed E-state index contributed by atoms with van der Waals surface area (Å²) >= 11 is 0. The van der Waals surface area contributed by atoms with Gasteiger partial charge in [0.2, 0.25) is 11.8 Å². The predicted molar refractivity (Wildman–Crippen MR) is 113 cm³/mol. The van der Waals surface area contributed by atoms with Crippen LogP contribution in [0.5, 0.6) is 0 Å².